The van der Waals surface area contributed by atoms with E-state index in [4.69, 9.17) is 10.00 Å². The Labute approximate surface area is 82.9 Å². The van der Waals surface area contributed by atoms with Crippen molar-refractivity contribution in [3.05, 3.63) is 0 Å². The molecule has 1 aliphatic heterocycles. The summed E-state index contributed by atoms with van der Waals surface area (Å²) in [5.41, 5.74) is 0. The van der Waals surface area contributed by atoms with Crippen molar-refractivity contribution >= 4 is 5.91 Å². The van der Waals surface area contributed by atoms with Gasteiger partial charge in [0.25, 0.3) is 0 Å². The number of carbonyl (C=O) groups excluding carboxylic acids is 1. The zero-order valence-electron chi connectivity index (χ0n) is 8.14. The third-order valence-corrected chi connectivity index (χ3v) is 2.20. The highest BCUT2D eigenvalue weighted by molar-refractivity contribution is 5.78. The lowest BCUT2D eigenvalue weighted by Crippen LogP contribution is -2.29. The molecule has 5 nitrogen and oxygen atoms in total. The fraction of sp³-hybridized carbons (Fsp3) is 0.778. The summed E-state index contributed by atoms with van der Waals surface area (Å²) in [6, 6.07) is 1.79. The highest BCUT2D eigenvalue weighted by Gasteiger charge is 2.33. The number of nitrogens with zero attached hydrogens (tertiary/aromatic N) is 2. The normalized spacial score (nSPS) is 26.2. The van der Waals surface area contributed by atoms with Crippen LogP contribution >= 0.6 is 0 Å². The van der Waals surface area contributed by atoms with Crippen LogP contribution in [0.15, 0.2) is 0 Å². The Morgan fingerprint density at radius 1 is 1.71 bits per heavy atom. The number of carbonyl (C=O) groups is 1. The van der Waals surface area contributed by atoms with E-state index < -0.39 is 6.10 Å². The van der Waals surface area contributed by atoms with E-state index in [1.54, 1.807) is 6.07 Å². The molecule has 0 aliphatic carbocycles. The van der Waals surface area contributed by atoms with Crippen LogP contribution in [0.5, 0.6) is 0 Å². The molecule has 1 rings (SSSR count). The minimum atomic E-state index is -0.627. The second kappa shape index (κ2) is 4.94. The molecule has 0 bridgehead atoms. The number of aliphatic hydroxyl groups is 1. The number of amides is 1. The smallest absolute Gasteiger partial charge is 0.236 e. The number of aliphatic hydroxyl groups excluding tert-OH is 1. The van der Waals surface area contributed by atoms with Crippen LogP contribution in [0, 0.1) is 11.3 Å². The maximum Gasteiger partial charge on any atom is 0.236 e. The van der Waals surface area contributed by atoms with Gasteiger partial charge in [-0.05, 0) is 6.92 Å². The quantitative estimate of drug-likeness (QED) is 0.664. The van der Waals surface area contributed by atoms with E-state index in [0.29, 0.717) is 13.2 Å². The second-order valence-corrected chi connectivity index (χ2v) is 3.19. The predicted octanol–water partition coefficient (Wildman–Crippen LogP) is -0.492. The van der Waals surface area contributed by atoms with Crippen molar-refractivity contribution in [3.63, 3.8) is 0 Å². The lowest BCUT2D eigenvalue weighted by atomic mass is 10.3. The van der Waals surface area contributed by atoms with E-state index in [1.165, 1.54) is 4.90 Å². The van der Waals surface area contributed by atoms with Gasteiger partial charge >= 0.3 is 0 Å². The summed E-state index contributed by atoms with van der Waals surface area (Å²) >= 11 is 0. The molecule has 0 radical (unpaired) electrons. The molecule has 1 N–H and O–H groups in total. The number of hydrogen-bond acceptors (Lipinski definition) is 4. The SMILES string of the molecule is CCO[C@@H]1CN(C(=O)CC#N)C[C@H]1O. The molecule has 78 valence electrons. The van der Waals surface area contributed by atoms with Gasteiger partial charge in [-0.1, -0.05) is 0 Å². The largest absolute Gasteiger partial charge is 0.388 e. The molecule has 5 heteroatoms. The second-order valence-electron chi connectivity index (χ2n) is 3.19. The highest BCUT2D eigenvalue weighted by Crippen LogP contribution is 2.14. The Bertz CT molecular complexity index is 249. The molecule has 1 heterocycles. The monoisotopic (exact) mass is 198 g/mol. The maximum atomic E-state index is 11.3. The molecule has 14 heavy (non-hydrogen) atoms. The number of rotatable bonds is 3. The van der Waals surface area contributed by atoms with Crippen LogP contribution < -0.4 is 0 Å². The Balaban J connectivity index is 2.46. The third-order valence-electron chi connectivity index (χ3n) is 2.20. The number of hydrogen-bond donors (Lipinski definition) is 1. The minimum Gasteiger partial charge on any atom is -0.388 e. The topological polar surface area (TPSA) is 73.6 Å². The first kappa shape index (κ1) is 11.0. The molecule has 1 amide bonds. The molecule has 0 aromatic carbocycles. The van der Waals surface area contributed by atoms with Gasteiger partial charge in [-0.2, -0.15) is 5.26 Å². The summed E-state index contributed by atoms with van der Waals surface area (Å²) in [6.45, 7) is 3.01. The zero-order valence-corrected chi connectivity index (χ0v) is 8.14. The molecule has 1 aliphatic rings. The molecule has 1 fully saturated rings. The van der Waals surface area contributed by atoms with Gasteiger partial charge in [0.1, 0.15) is 12.5 Å². The van der Waals surface area contributed by atoms with Crippen molar-refractivity contribution in [2.75, 3.05) is 19.7 Å². The van der Waals surface area contributed by atoms with Gasteiger partial charge in [0.05, 0.1) is 12.2 Å². The maximum absolute atomic E-state index is 11.3. The van der Waals surface area contributed by atoms with Crippen molar-refractivity contribution in [3.8, 4) is 6.07 Å². The number of β-amino-alcohol motifs (C(OH)–C–C–N with tert-alkyl or cyclic N) is 1. The van der Waals surface area contributed by atoms with E-state index in [9.17, 15) is 9.90 Å². The summed E-state index contributed by atoms with van der Waals surface area (Å²) in [7, 11) is 0. The van der Waals surface area contributed by atoms with E-state index in [1.807, 2.05) is 6.92 Å². The van der Waals surface area contributed by atoms with Crippen LogP contribution in [-0.4, -0.2) is 47.8 Å². The van der Waals surface area contributed by atoms with E-state index in [0.717, 1.165) is 0 Å². The average molecular weight is 198 g/mol. The van der Waals surface area contributed by atoms with Crippen molar-refractivity contribution in [1.82, 2.24) is 4.90 Å². The standard InChI is InChI=1S/C9H14N2O3/c1-2-14-8-6-11(5-7(8)12)9(13)3-4-10/h7-8,12H,2-3,5-6H2,1H3/t7-,8-/m1/s1. The van der Waals surface area contributed by atoms with Gasteiger partial charge in [0, 0.05) is 19.7 Å². The predicted molar refractivity (Wildman–Crippen MR) is 48.2 cm³/mol. The Hall–Kier alpha value is -1.12. The summed E-state index contributed by atoms with van der Waals surface area (Å²) in [4.78, 5) is 12.7. The summed E-state index contributed by atoms with van der Waals surface area (Å²) in [5.74, 6) is -0.242. The molecule has 0 aromatic heterocycles. The summed E-state index contributed by atoms with van der Waals surface area (Å²) in [6.07, 6.45) is -1.06. The van der Waals surface area contributed by atoms with Gasteiger partial charge in [-0.15, -0.1) is 0 Å². The summed E-state index contributed by atoms with van der Waals surface area (Å²) in [5, 5.41) is 17.8. The summed E-state index contributed by atoms with van der Waals surface area (Å²) < 4.78 is 5.25. The fourth-order valence-corrected chi connectivity index (χ4v) is 1.52. The van der Waals surface area contributed by atoms with Gasteiger partial charge < -0.3 is 14.7 Å². The first-order chi connectivity index (χ1) is 6.69. The van der Waals surface area contributed by atoms with Crippen LogP contribution in [0.25, 0.3) is 0 Å². The van der Waals surface area contributed by atoms with Crippen molar-refractivity contribution < 1.29 is 14.6 Å². The van der Waals surface area contributed by atoms with E-state index >= 15 is 0 Å². The van der Waals surface area contributed by atoms with Crippen LogP contribution in [-0.2, 0) is 9.53 Å². The lowest BCUT2D eigenvalue weighted by molar-refractivity contribution is -0.129. The highest BCUT2D eigenvalue weighted by atomic mass is 16.5. The molecular formula is C9H14N2O3. The zero-order chi connectivity index (χ0) is 10.6. The van der Waals surface area contributed by atoms with Gasteiger partial charge in [0.2, 0.25) is 5.91 Å². The first-order valence-corrected chi connectivity index (χ1v) is 4.63. The average Bonchev–Trinajstić information content (AvgIpc) is 2.49. The first-order valence-electron chi connectivity index (χ1n) is 4.63. The van der Waals surface area contributed by atoms with Crippen LogP contribution in [0.4, 0.5) is 0 Å². The Morgan fingerprint density at radius 3 is 3.00 bits per heavy atom. The van der Waals surface area contributed by atoms with Gasteiger partial charge in [0.15, 0.2) is 0 Å². The minimum absolute atomic E-state index is 0.133. The molecule has 0 unspecified atom stereocenters. The Kier molecular flexibility index (Phi) is 3.86. The lowest BCUT2D eigenvalue weighted by Gasteiger charge is -2.14. The molecule has 0 aromatic rings. The Morgan fingerprint density at radius 2 is 2.43 bits per heavy atom. The molecule has 2 atom stereocenters. The van der Waals surface area contributed by atoms with E-state index in [2.05, 4.69) is 0 Å². The third kappa shape index (κ3) is 2.44. The molecular weight excluding hydrogens is 184 g/mol. The molecule has 1 saturated heterocycles. The van der Waals surface area contributed by atoms with Crippen molar-refractivity contribution in [2.45, 2.75) is 25.6 Å². The van der Waals surface area contributed by atoms with Crippen LogP contribution in [0.1, 0.15) is 13.3 Å². The van der Waals surface area contributed by atoms with Crippen molar-refractivity contribution in [2.24, 2.45) is 0 Å². The van der Waals surface area contributed by atoms with Crippen molar-refractivity contribution in [1.29, 1.82) is 5.26 Å². The van der Waals surface area contributed by atoms with Crippen LogP contribution in [0.2, 0.25) is 0 Å². The number of likely N-dealkylation sites (tertiary alicyclic amines) is 1. The number of ether oxygens (including phenoxy) is 1. The van der Waals surface area contributed by atoms with Crippen LogP contribution in [0.3, 0.4) is 0 Å². The van der Waals surface area contributed by atoms with Gasteiger partial charge in [-0.3, -0.25) is 4.79 Å². The number of nitriles is 1. The molecule has 0 spiro atoms. The molecule has 0 saturated carbocycles. The van der Waals surface area contributed by atoms with E-state index in [-0.39, 0.29) is 25.0 Å². The fourth-order valence-electron chi connectivity index (χ4n) is 1.52. The van der Waals surface area contributed by atoms with Gasteiger partial charge in [-0.25, -0.2) is 0 Å².